The summed E-state index contributed by atoms with van der Waals surface area (Å²) >= 11 is 1.88. The highest BCUT2D eigenvalue weighted by molar-refractivity contribution is 8.00. The Kier molecular flexibility index (Phi) is 2.39. The fourth-order valence-corrected chi connectivity index (χ4v) is 1.43. The first-order chi connectivity index (χ1) is 4.34. The summed E-state index contributed by atoms with van der Waals surface area (Å²) in [5, 5.41) is 7.31. The lowest BCUT2D eigenvalue weighted by Gasteiger charge is -2.24. The van der Waals surface area contributed by atoms with E-state index in [1.807, 2.05) is 18.7 Å². The molecule has 0 saturated carbocycles. The topological polar surface area (TPSA) is 33.1 Å². The standard InChI is InChI=1S/C6H11NOS/c1-2-8-6(7)5-3-9-4-5/h5,7H,2-4H2,1H3. The van der Waals surface area contributed by atoms with Gasteiger partial charge in [-0.25, -0.2) is 0 Å². The molecule has 0 aromatic rings. The van der Waals surface area contributed by atoms with Gasteiger partial charge < -0.3 is 4.74 Å². The molecule has 0 aromatic heterocycles. The van der Waals surface area contributed by atoms with Crippen molar-refractivity contribution < 1.29 is 4.74 Å². The molecule has 1 rings (SSSR count). The summed E-state index contributed by atoms with van der Waals surface area (Å²) in [6.07, 6.45) is 0. The van der Waals surface area contributed by atoms with Gasteiger partial charge in [-0.05, 0) is 6.92 Å². The number of hydrogen-bond acceptors (Lipinski definition) is 3. The second kappa shape index (κ2) is 3.11. The predicted molar refractivity (Wildman–Crippen MR) is 40.2 cm³/mol. The molecule has 1 fully saturated rings. The van der Waals surface area contributed by atoms with Crippen LogP contribution in [0.2, 0.25) is 0 Å². The van der Waals surface area contributed by atoms with Crippen LogP contribution in [0.1, 0.15) is 6.92 Å². The highest BCUT2D eigenvalue weighted by Gasteiger charge is 2.23. The average Bonchev–Trinajstić information content (AvgIpc) is 1.60. The van der Waals surface area contributed by atoms with Gasteiger partial charge >= 0.3 is 0 Å². The Hall–Kier alpha value is -0.180. The van der Waals surface area contributed by atoms with E-state index in [-0.39, 0.29) is 0 Å². The first-order valence-corrected chi connectivity index (χ1v) is 4.29. The molecule has 1 heterocycles. The minimum atomic E-state index is 0.426. The highest BCUT2D eigenvalue weighted by Crippen LogP contribution is 2.25. The molecule has 1 N–H and O–H groups in total. The van der Waals surface area contributed by atoms with Crippen molar-refractivity contribution in [3.63, 3.8) is 0 Å². The van der Waals surface area contributed by atoms with Crippen molar-refractivity contribution >= 4 is 17.7 Å². The molecule has 0 aliphatic carbocycles. The minimum Gasteiger partial charge on any atom is -0.481 e. The van der Waals surface area contributed by atoms with Gasteiger partial charge in [0, 0.05) is 11.5 Å². The zero-order valence-electron chi connectivity index (χ0n) is 5.52. The lowest BCUT2D eigenvalue weighted by atomic mass is 10.2. The maximum atomic E-state index is 7.31. The van der Waals surface area contributed by atoms with Crippen molar-refractivity contribution in [2.24, 2.45) is 5.92 Å². The van der Waals surface area contributed by atoms with E-state index in [1.165, 1.54) is 0 Å². The lowest BCUT2D eigenvalue weighted by Crippen LogP contribution is -2.28. The van der Waals surface area contributed by atoms with Gasteiger partial charge in [0.1, 0.15) is 0 Å². The second-order valence-corrected chi connectivity index (χ2v) is 3.11. The van der Waals surface area contributed by atoms with Crippen LogP contribution < -0.4 is 0 Å². The molecular formula is C6H11NOS. The summed E-state index contributed by atoms with van der Waals surface area (Å²) in [6.45, 7) is 2.56. The zero-order valence-corrected chi connectivity index (χ0v) is 6.33. The molecule has 9 heavy (non-hydrogen) atoms. The molecule has 0 amide bonds. The molecule has 0 aromatic carbocycles. The number of nitrogens with one attached hydrogen (secondary N) is 1. The molecule has 0 radical (unpaired) electrons. The largest absolute Gasteiger partial charge is 0.481 e. The zero-order chi connectivity index (χ0) is 6.69. The predicted octanol–water partition coefficient (Wildman–Crippen LogP) is 1.36. The number of rotatable bonds is 2. The summed E-state index contributed by atoms with van der Waals surface area (Å²) in [5.74, 6) is 3.07. The first kappa shape index (κ1) is 6.93. The quantitative estimate of drug-likeness (QED) is 0.470. The number of ether oxygens (including phenoxy) is 1. The van der Waals surface area contributed by atoms with Gasteiger partial charge in [-0.15, -0.1) is 0 Å². The van der Waals surface area contributed by atoms with Crippen molar-refractivity contribution in [3.05, 3.63) is 0 Å². The van der Waals surface area contributed by atoms with Crippen molar-refractivity contribution in [1.29, 1.82) is 5.41 Å². The molecule has 52 valence electrons. The van der Waals surface area contributed by atoms with E-state index in [0.29, 0.717) is 18.4 Å². The van der Waals surface area contributed by atoms with E-state index in [9.17, 15) is 0 Å². The minimum absolute atomic E-state index is 0.426. The van der Waals surface area contributed by atoms with Crippen LogP contribution >= 0.6 is 11.8 Å². The van der Waals surface area contributed by atoms with Gasteiger partial charge in [0.25, 0.3) is 0 Å². The highest BCUT2D eigenvalue weighted by atomic mass is 32.2. The van der Waals surface area contributed by atoms with Crippen LogP contribution in [0.25, 0.3) is 0 Å². The smallest absolute Gasteiger partial charge is 0.185 e. The van der Waals surface area contributed by atoms with E-state index in [4.69, 9.17) is 10.1 Å². The molecule has 3 heteroatoms. The van der Waals surface area contributed by atoms with Crippen molar-refractivity contribution in [3.8, 4) is 0 Å². The fraction of sp³-hybridized carbons (Fsp3) is 0.833. The molecular weight excluding hydrogens is 134 g/mol. The Balaban J connectivity index is 2.16. The summed E-state index contributed by atoms with van der Waals surface area (Å²) in [4.78, 5) is 0. The van der Waals surface area contributed by atoms with E-state index < -0.39 is 0 Å². The van der Waals surface area contributed by atoms with Crippen LogP contribution in [-0.4, -0.2) is 24.0 Å². The SMILES string of the molecule is CCOC(=N)C1CSC1. The van der Waals surface area contributed by atoms with Crippen LogP contribution in [0.3, 0.4) is 0 Å². The summed E-state index contributed by atoms with van der Waals surface area (Å²) in [5.41, 5.74) is 0. The summed E-state index contributed by atoms with van der Waals surface area (Å²) < 4.78 is 5.02. The molecule has 2 nitrogen and oxygen atoms in total. The molecule has 0 bridgehead atoms. The van der Waals surface area contributed by atoms with Crippen LogP contribution in [0, 0.1) is 11.3 Å². The Bertz CT molecular complexity index is 112. The third-order valence-corrected chi connectivity index (χ3v) is 2.58. The van der Waals surface area contributed by atoms with Crippen LogP contribution in [0.5, 0.6) is 0 Å². The number of hydrogen-bond donors (Lipinski definition) is 1. The number of thioether (sulfide) groups is 1. The van der Waals surface area contributed by atoms with Crippen molar-refractivity contribution in [1.82, 2.24) is 0 Å². The van der Waals surface area contributed by atoms with E-state index >= 15 is 0 Å². The normalized spacial score (nSPS) is 18.8. The van der Waals surface area contributed by atoms with Gasteiger partial charge in [-0.1, -0.05) is 0 Å². The van der Waals surface area contributed by atoms with Gasteiger partial charge in [-0.2, -0.15) is 11.8 Å². The Morgan fingerprint density at radius 1 is 1.78 bits per heavy atom. The van der Waals surface area contributed by atoms with Crippen molar-refractivity contribution in [2.45, 2.75) is 6.92 Å². The van der Waals surface area contributed by atoms with Gasteiger partial charge in [0.15, 0.2) is 5.90 Å². The third-order valence-electron chi connectivity index (χ3n) is 1.31. The van der Waals surface area contributed by atoms with Gasteiger partial charge in [-0.3, -0.25) is 5.41 Å². The summed E-state index contributed by atoms with van der Waals surface area (Å²) in [7, 11) is 0. The molecule has 0 spiro atoms. The molecule has 1 aliphatic rings. The summed E-state index contributed by atoms with van der Waals surface area (Å²) in [6, 6.07) is 0. The molecule has 0 atom stereocenters. The maximum Gasteiger partial charge on any atom is 0.185 e. The fourth-order valence-electron chi connectivity index (χ4n) is 0.660. The van der Waals surface area contributed by atoms with Crippen LogP contribution in [-0.2, 0) is 4.74 Å². The Morgan fingerprint density at radius 3 is 2.78 bits per heavy atom. The van der Waals surface area contributed by atoms with Crippen LogP contribution in [0.15, 0.2) is 0 Å². The van der Waals surface area contributed by atoms with Crippen LogP contribution in [0.4, 0.5) is 0 Å². The van der Waals surface area contributed by atoms with E-state index in [0.717, 1.165) is 11.5 Å². The second-order valence-electron chi connectivity index (χ2n) is 2.03. The molecule has 1 saturated heterocycles. The monoisotopic (exact) mass is 145 g/mol. The van der Waals surface area contributed by atoms with Crippen molar-refractivity contribution in [2.75, 3.05) is 18.1 Å². The Morgan fingerprint density at radius 2 is 2.44 bits per heavy atom. The van der Waals surface area contributed by atoms with E-state index in [2.05, 4.69) is 0 Å². The third kappa shape index (κ3) is 1.61. The molecule has 1 aliphatic heterocycles. The van der Waals surface area contributed by atoms with Gasteiger partial charge in [0.2, 0.25) is 0 Å². The van der Waals surface area contributed by atoms with Gasteiger partial charge in [0.05, 0.1) is 12.5 Å². The Labute approximate surface area is 59.5 Å². The van der Waals surface area contributed by atoms with E-state index in [1.54, 1.807) is 0 Å². The maximum absolute atomic E-state index is 7.31. The average molecular weight is 145 g/mol. The molecule has 0 unspecified atom stereocenters. The first-order valence-electron chi connectivity index (χ1n) is 3.13. The lowest BCUT2D eigenvalue weighted by molar-refractivity contribution is 0.302.